The third-order valence-corrected chi connectivity index (χ3v) is 3.72. The highest BCUT2D eigenvalue weighted by atomic mass is 16.5. The average molecular weight is 351 g/mol. The lowest BCUT2D eigenvalue weighted by Gasteiger charge is -2.08. The predicted octanol–water partition coefficient (Wildman–Crippen LogP) is 1.73. The number of hydrogen-bond donors (Lipinski definition) is 2. The number of nitrogens with zero attached hydrogens (tertiary/aromatic N) is 3. The Labute approximate surface area is 149 Å². The molecule has 8 heteroatoms. The Balaban J connectivity index is 1.76. The van der Waals surface area contributed by atoms with Crippen molar-refractivity contribution >= 4 is 11.6 Å². The van der Waals surface area contributed by atoms with Gasteiger partial charge >= 0.3 is 0 Å². The van der Waals surface area contributed by atoms with Crippen molar-refractivity contribution in [3.8, 4) is 17.3 Å². The van der Waals surface area contributed by atoms with Crippen LogP contribution in [-0.2, 0) is 11.2 Å². The van der Waals surface area contributed by atoms with E-state index in [0.29, 0.717) is 34.2 Å². The molecule has 2 N–H and O–H groups in total. The number of nitrogens with one attached hydrogen (secondary N) is 2. The van der Waals surface area contributed by atoms with Crippen LogP contribution in [0.15, 0.2) is 47.7 Å². The predicted molar refractivity (Wildman–Crippen MR) is 95.9 cm³/mol. The Morgan fingerprint density at radius 2 is 2.12 bits per heavy atom. The minimum Gasteiger partial charge on any atom is -0.481 e. The molecule has 3 aromatic rings. The SMILES string of the molecule is COc1ccc(NC(=O)Cc2c(C)nc(-c3cccnc3)[nH]c2=O)cn1. The molecule has 0 saturated heterocycles. The van der Waals surface area contributed by atoms with E-state index in [1.807, 2.05) is 0 Å². The summed E-state index contributed by atoms with van der Waals surface area (Å²) in [4.78, 5) is 39.7. The molecule has 0 aromatic carbocycles. The van der Waals surface area contributed by atoms with E-state index in [9.17, 15) is 9.59 Å². The molecule has 3 rings (SSSR count). The first-order valence-corrected chi connectivity index (χ1v) is 7.87. The Hall–Kier alpha value is -3.55. The van der Waals surface area contributed by atoms with Crippen LogP contribution in [-0.4, -0.2) is 33.0 Å². The topological polar surface area (TPSA) is 110 Å². The van der Waals surface area contributed by atoms with E-state index in [2.05, 4.69) is 25.3 Å². The van der Waals surface area contributed by atoms with Crippen molar-refractivity contribution in [3.63, 3.8) is 0 Å². The van der Waals surface area contributed by atoms with Gasteiger partial charge in [-0.2, -0.15) is 0 Å². The quantitative estimate of drug-likeness (QED) is 0.724. The van der Waals surface area contributed by atoms with Crippen molar-refractivity contribution in [1.29, 1.82) is 0 Å². The summed E-state index contributed by atoms with van der Waals surface area (Å²) >= 11 is 0. The fraction of sp³-hybridized carbons (Fsp3) is 0.167. The van der Waals surface area contributed by atoms with Gasteiger partial charge in [0.1, 0.15) is 5.82 Å². The summed E-state index contributed by atoms with van der Waals surface area (Å²) in [6.45, 7) is 1.70. The lowest BCUT2D eigenvalue weighted by Crippen LogP contribution is -2.24. The number of aromatic amines is 1. The Morgan fingerprint density at radius 1 is 1.27 bits per heavy atom. The maximum atomic E-state index is 12.4. The van der Waals surface area contributed by atoms with Crippen LogP contribution in [0.4, 0.5) is 5.69 Å². The monoisotopic (exact) mass is 351 g/mol. The van der Waals surface area contributed by atoms with Gasteiger partial charge in [0.05, 0.1) is 25.4 Å². The number of hydrogen-bond acceptors (Lipinski definition) is 6. The molecule has 0 bridgehead atoms. The van der Waals surface area contributed by atoms with Crippen LogP contribution in [0.25, 0.3) is 11.4 Å². The zero-order valence-corrected chi connectivity index (χ0v) is 14.3. The minimum absolute atomic E-state index is 0.0898. The minimum atomic E-state index is -0.348. The van der Waals surface area contributed by atoms with Gasteiger partial charge < -0.3 is 15.0 Å². The fourth-order valence-electron chi connectivity index (χ4n) is 2.40. The molecule has 0 unspecified atom stereocenters. The molecule has 26 heavy (non-hydrogen) atoms. The van der Waals surface area contributed by atoms with Gasteiger partial charge in [-0.05, 0) is 25.1 Å². The molecule has 0 atom stereocenters. The van der Waals surface area contributed by atoms with Crippen LogP contribution in [0.2, 0.25) is 0 Å². The lowest BCUT2D eigenvalue weighted by molar-refractivity contribution is -0.115. The number of aromatic nitrogens is 4. The molecule has 0 aliphatic heterocycles. The molecular weight excluding hydrogens is 334 g/mol. The molecule has 0 radical (unpaired) electrons. The van der Waals surface area contributed by atoms with Crippen LogP contribution in [0.1, 0.15) is 11.3 Å². The average Bonchev–Trinajstić information content (AvgIpc) is 2.66. The largest absolute Gasteiger partial charge is 0.481 e. The number of anilines is 1. The number of methoxy groups -OCH3 is 1. The molecule has 0 saturated carbocycles. The molecule has 3 heterocycles. The second-order valence-corrected chi connectivity index (χ2v) is 5.53. The van der Waals surface area contributed by atoms with E-state index in [4.69, 9.17) is 4.74 Å². The third kappa shape index (κ3) is 3.92. The summed E-state index contributed by atoms with van der Waals surface area (Å²) in [6, 6.07) is 6.87. The Bertz CT molecular complexity index is 968. The highest BCUT2D eigenvalue weighted by Gasteiger charge is 2.14. The van der Waals surface area contributed by atoms with Crippen molar-refractivity contribution < 1.29 is 9.53 Å². The van der Waals surface area contributed by atoms with Gasteiger partial charge in [0, 0.05) is 35.3 Å². The summed E-state index contributed by atoms with van der Waals surface area (Å²) < 4.78 is 4.97. The van der Waals surface area contributed by atoms with E-state index in [0.717, 1.165) is 0 Å². The van der Waals surface area contributed by atoms with E-state index < -0.39 is 0 Å². The summed E-state index contributed by atoms with van der Waals surface area (Å²) in [5.74, 6) is 0.538. The number of amides is 1. The van der Waals surface area contributed by atoms with Crippen molar-refractivity contribution in [2.45, 2.75) is 13.3 Å². The zero-order valence-electron chi connectivity index (χ0n) is 14.3. The Morgan fingerprint density at radius 3 is 2.73 bits per heavy atom. The molecule has 132 valence electrons. The number of aryl methyl sites for hydroxylation is 1. The molecule has 3 aromatic heterocycles. The molecule has 8 nitrogen and oxygen atoms in total. The Kier molecular flexibility index (Phi) is 5.02. The molecular formula is C18H17N5O3. The lowest BCUT2D eigenvalue weighted by atomic mass is 10.1. The second-order valence-electron chi connectivity index (χ2n) is 5.53. The summed E-state index contributed by atoms with van der Waals surface area (Å²) in [5.41, 5.74) is 1.68. The van der Waals surface area contributed by atoms with Crippen molar-refractivity contribution in [3.05, 3.63) is 64.5 Å². The summed E-state index contributed by atoms with van der Waals surface area (Å²) in [6.07, 6.45) is 4.65. The summed E-state index contributed by atoms with van der Waals surface area (Å²) in [5, 5.41) is 2.69. The number of pyridine rings is 2. The van der Waals surface area contributed by atoms with Gasteiger partial charge in [-0.15, -0.1) is 0 Å². The first kappa shape index (κ1) is 17.3. The molecule has 0 aliphatic rings. The normalized spacial score (nSPS) is 10.4. The molecule has 0 fully saturated rings. The number of H-pyrrole nitrogens is 1. The number of carbonyl (C=O) groups excluding carboxylic acids is 1. The van der Waals surface area contributed by atoms with Gasteiger partial charge in [0.2, 0.25) is 11.8 Å². The van der Waals surface area contributed by atoms with E-state index in [1.165, 1.54) is 13.3 Å². The van der Waals surface area contributed by atoms with E-state index in [1.54, 1.807) is 43.6 Å². The highest BCUT2D eigenvalue weighted by molar-refractivity contribution is 5.92. The smallest absolute Gasteiger partial charge is 0.255 e. The van der Waals surface area contributed by atoms with Crippen molar-refractivity contribution in [1.82, 2.24) is 19.9 Å². The maximum Gasteiger partial charge on any atom is 0.255 e. The zero-order chi connectivity index (χ0) is 18.5. The van der Waals surface area contributed by atoms with Crippen LogP contribution in [0, 0.1) is 6.92 Å². The fourth-order valence-corrected chi connectivity index (χ4v) is 2.40. The maximum absolute atomic E-state index is 12.4. The van der Waals surface area contributed by atoms with Crippen LogP contribution in [0.5, 0.6) is 5.88 Å². The van der Waals surface area contributed by atoms with Crippen LogP contribution < -0.4 is 15.6 Å². The van der Waals surface area contributed by atoms with Crippen LogP contribution >= 0.6 is 0 Å². The second kappa shape index (κ2) is 7.56. The van der Waals surface area contributed by atoms with Gasteiger partial charge in [0.25, 0.3) is 5.56 Å². The first-order chi connectivity index (χ1) is 12.6. The third-order valence-electron chi connectivity index (χ3n) is 3.72. The van der Waals surface area contributed by atoms with Crippen LogP contribution in [0.3, 0.4) is 0 Å². The summed E-state index contributed by atoms with van der Waals surface area (Å²) in [7, 11) is 1.51. The van der Waals surface area contributed by atoms with Gasteiger partial charge in [-0.1, -0.05) is 0 Å². The van der Waals surface area contributed by atoms with Gasteiger partial charge in [-0.25, -0.2) is 9.97 Å². The number of carbonyl (C=O) groups is 1. The number of ether oxygens (including phenoxy) is 1. The van der Waals surface area contributed by atoms with E-state index >= 15 is 0 Å². The number of rotatable bonds is 5. The molecule has 0 aliphatic carbocycles. The van der Waals surface area contributed by atoms with Gasteiger partial charge in [-0.3, -0.25) is 14.6 Å². The highest BCUT2D eigenvalue weighted by Crippen LogP contribution is 2.14. The molecule has 0 spiro atoms. The van der Waals surface area contributed by atoms with Crippen molar-refractivity contribution in [2.75, 3.05) is 12.4 Å². The van der Waals surface area contributed by atoms with Crippen molar-refractivity contribution in [2.24, 2.45) is 0 Å². The van der Waals surface area contributed by atoms with E-state index in [-0.39, 0.29) is 17.9 Å². The first-order valence-electron chi connectivity index (χ1n) is 7.87. The molecule has 1 amide bonds. The standard InChI is InChI=1S/C18H17N5O3/c1-11-14(8-15(24)22-13-5-6-16(26-2)20-10-13)18(25)23-17(21-11)12-4-3-7-19-9-12/h3-7,9-10H,8H2,1-2H3,(H,22,24)(H,21,23,25). The van der Waals surface area contributed by atoms with Gasteiger partial charge in [0.15, 0.2) is 0 Å².